The van der Waals surface area contributed by atoms with Crippen LogP contribution in [0.2, 0.25) is 0 Å². The zero-order chi connectivity index (χ0) is 20.5. The molecule has 0 atom stereocenters. The molecule has 0 fully saturated rings. The maximum Gasteiger partial charge on any atom is 0.336 e. The van der Waals surface area contributed by atoms with Crippen molar-refractivity contribution in [3.05, 3.63) is 88.1 Å². The van der Waals surface area contributed by atoms with E-state index >= 15 is 0 Å². The van der Waals surface area contributed by atoms with Gasteiger partial charge in [0.2, 0.25) is 0 Å². The Labute approximate surface area is 177 Å². The highest BCUT2D eigenvalue weighted by molar-refractivity contribution is 7.03. The average Bonchev–Trinajstić information content (AvgIpc) is 3.26. The molecular weight excluding hydrogens is 396 g/mol. The number of rotatable bonds is 4. The second kappa shape index (κ2) is 7.78. The Bertz CT molecular complexity index is 1250. The number of pyridine rings is 1. The van der Waals surface area contributed by atoms with Crippen molar-refractivity contribution in [2.45, 2.75) is 13.1 Å². The molecule has 1 aliphatic rings. The fourth-order valence-electron chi connectivity index (χ4n) is 3.99. The van der Waals surface area contributed by atoms with Crippen molar-refractivity contribution >= 4 is 40.1 Å². The van der Waals surface area contributed by atoms with Gasteiger partial charge in [-0.1, -0.05) is 53.0 Å². The minimum atomic E-state index is -0.930. The molecule has 0 aliphatic carbocycles. The summed E-state index contributed by atoms with van der Waals surface area (Å²) in [5, 5.41) is 16.8. The van der Waals surface area contributed by atoms with Gasteiger partial charge in [0.1, 0.15) is 0 Å². The predicted octanol–water partition coefficient (Wildman–Crippen LogP) is 4.34. The number of para-hydroxylation sites is 1. The van der Waals surface area contributed by atoms with Crippen LogP contribution < -0.4 is 0 Å². The highest BCUT2D eigenvalue weighted by Gasteiger charge is 2.28. The SMILES string of the molecule is O=C(O)c1c2c(nc3ccccc13)/C(=C/c1csnn1)CN(Cc1ccccc1)C2. The van der Waals surface area contributed by atoms with Crippen molar-refractivity contribution in [2.75, 3.05) is 6.54 Å². The molecule has 2 aromatic heterocycles. The molecule has 0 saturated carbocycles. The van der Waals surface area contributed by atoms with Gasteiger partial charge >= 0.3 is 5.97 Å². The molecule has 7 heteroatoms. The van der Waals surface area contributed by atoms with Crippen LogP contribution in [0.3, 0.4) is 0 Å². The van der Waals surface area contributed by atoms with E-state index in [1.165, 1.54) is 17.1 Å². The summed E-state index contributed by atoms with van der Waals surface area (Å²) in [5.74, 6) is -0.930. The lowest BCUT2D eigenvalue weighted by Gasteiger charge is -2.31. The molecule has 2 aromatic carbocycles. The normalized spacial score (nSPS) is 15.4. The highest BCUT2D eigenvalue weighted by atomic mass is 32.1. The number of fused-ring (bicyclic) bond motifs is 2. The highest BCUT2D eigenvalue weighted by Crippen LogP contribution is 2.34. The first-order chi connectivity index (χ1) is 14.7. The third-order valence-corrected chi connectivity index (χ3v) is 5.76. The molecule has 148 valence electrons. The molecular formula is C23H18N4O2S. The largest absolute Gasteiger partial charge is 0.478 e. The van der Waals surface area contributed by atoms with Gasteiger partial charge in [0.25, 0.3) is 0 Å². The predicted molar refractivity (Wildman–Crippen MR) is 117 cm³/mol. The standard InChI is InChI=1S/C23H18N4O2S/c28-23(29)21-18-8-4-5-9-20(18)24-22-16(10-17-14-30-26-25-17)12-27(13-19(21)22)11-15-6-2-1-3-7-15/h1-10,14H,11-13H2,(H,28,29)/b16-10+. The monoisotopic (exact) mass is 414 g/mol. The van der Waals surface area contributed by atoms with Gasteiger partial charge in [0.15, 0.2) is 0 Å². The van der Waals surface area contributed by atoms with Crippen LogP contribution in [0.15, 0.2) is 60.0 Å². The Morgan fingerprint density at radius 3 is 2.67 bits per heavy atom. The van der Waals surface area contributed by atoms with Crippen LogP contribution in [0.25, 0.3) is 22.6 Å². The Morgan fingerprint density at radius 2 is 1.90 bits per heavy atom. The van der Waals surface area contributed by atoms with E-state index in [9.17, 15) is 9.90 Å². The molecule has 0 unspecified atom stereocenters. The summed E-state index contributed by atoms with van der Waals surface area (Å²) >= 11 is 1.29. The Morgan fingerprint density at radius 1 is 1.10 bits per heavy atom. The van der Waals surface area contributed by atoms with Crippen molar-refractivity contribution < 1.29 is 9.90 Å². The maximum atomic E-state index is 12.3. The molecule has 0 bridgehead atoms. The van der Waals surface area contributed by atoms with E-state index in [1.54, 1.807) is 0 Å². The minimum absolute atomic E-state index is 0.329. The van der Waals surface area contributed by atoms with E-state index in [2.05, 4.69) is 26.6 Å². The van der Waals surface area contributed by atoms with E-state index < -0.39 is 5.97 Å². The van der Waals surface area contributed by atoms with Gasteiger partial charge in [-0.3, -0.25) is 4.90 Å². The summed E-state index contributed by atoms with van der Waals surface area (Å²) < 4.78 is 3.95. The number of aromatic carboxylic acids is 1. The van der Waals surface area contributed by atoms with Crippen LogP contribution in [0.4, 0.5) is 0 Å². The van der Waals surface area contributed by atoms with Gasteiger partial charge in [0.05, 0.1) is 22.5 Å². The quantitative estimate of drug-likeness (QED) is 0.535. The number of hydrogen-bond donors (Lipinski definition) is 1. The summed E-state index contributed by atoms with van der Waals surface area (Å²) in [7, 11) is 0. The molecule has 1 aliphatic heterocycles. The molecule has 0 saturated heterocycles. The molecule has 30 heavy (non-hydrogen) atoms. The second-order valence-electron chi connectivity index (χ2n) is 7.27. The molecule has 0 radical (unpaired) electrons. The summed E-state index contributed by atoms with van der Waals surface area (Å²) in [5.41, 5.74) is 5.40. The smallest absolute Gasteiger partial charge is 0.336 e. The number of carboxylic acid groups (broad SMARTS) is 1. The van der Waals surface area contributed by atoms with Gasteiger partial charge in [-0.05, 0) is 34.8 Å². The Hall–Kier alpha value is -3.42. The van der Waals surface area contributed by atoms with Gasteiger partial charge in [-0.15, -0.1) is 5.10 Å². The number of aromatic nitrogens is 3. The van der Waals surface area contributed by atoms with E-state index in [-0.39, 0.29) is 0 Å². The number of nitrogens with zero attached hydrogens (tertiary/aromatic N) is 4. The molecule has 0 amide bonds. The van der Waals surface area contributed by atoms with Gasteiger partial charge in [0, 0.05) is 36.0 Å². The van der Waals surface area contributed by atoms with E-state index in [0.717, 1.165) is 29.1 Å². The molecule has 3 heterocycles. The van der Waals surface area contributed by atoms with Gasteiger partial charge in [-0.25, -0.2) is 9.78 Å². The fourth-order valence-corrected chi connectivity index (χ4v) is 4.40. The lowest BCUT2D eigenvalue weighted by atomic mass is 9.92. The Balaban J connectivity index is 1.68. The van der Waals surface area contributed by atoms with Crippen molar-refractivity contribution in [1.29, 1.82) is 0 Å². The lowest BCUT2D eigenvalue weighted by Crippen LogP contribution is -2.31. The van der Waals surface area contributed by atoms with Crippen LogP contribution in [0, 0.1) is 0 Å². The first kappa shape index (κ1) is 18.6. The number of benzene rings is 2. The summed E-state index contributed by atoms with van der Waals surface area (Å²) in [6, 6.07) is 17.6. The topological polar surface area (TPSA) is 79.2 Å². The van der Waals surface area contributed by atoms with E-state index in [0.29, 0.717) is 29.6 Å². The summed E-state index contributed by atoms with van der Waals surface area (Å²) in [6.45, 7) is 1.90. The third-order valence-electron chi connectivity index (χ3n) is 5.23. The minimum Gasteiger partial charge on any atom is -0.478 e. The first-order valence-corrected chi connectivity index (χ1v) is 10.4. The molecule has 6 nitrogen and oxygen atoms in total. The summed E-state index contributed by atoms with van der Waals surface area (Å²) in [6.07, 6.45) is 1.97. The first-order valence-electron chi connectivity index (χ1n) is 9.58. The third kappa shape index (κ3) is 3.49. The van der Waals surface area contributed by atoms with Crippen LogP contribution >= 0.6 is 11.5 Å². The zero-order valence-corrected chi connectivity index (χ0v) is 16.8. The van der Waals surface area contributed by atoms with Crippen molar-refractivity contribution in [1.82, 2.24) is 19.5 Å². The number of carboxylic acids is 1. The fraction of sp³-hybridized carbons (Fsp3) is 0.130. The zero-order valence-electron chi connectivity index (χ0n) is 16.0. The van der Waals surface area contributed by atoms with Crippen molar-refractivity contribution in [3.63, 3.8) is 0 Å². The maximum absolute atomic E-state index is 12.3. The van der Waals surface area contributed by atoms with E-state index in [4.69, 9.17) is 4.98 Å². The molecule has 4 aromatic rings. The van der Waals surface area contributed by atoms with Gasteiger partial charge < -0.3 is 5.11 Å². The van der Waals surface area contributed by atoms with Crippen LogP contribution in [-0.4, -0.2) is 37.1 Å². The van der Waals surface area contributed by atoms with E-state index in [1.807, 2.05) is 53.9 Å². The molecule has 1 N–H and O–H groups in total. The Kier molecular flexibility index (Phi) is 4.82. The molecule has 0 spiro atoms. The van der Waals surface area contributed by atoms with Gasteiger partial charge in [-0.2, -0.15) is 0 Å². The summed E-state index contributed by atoms with van der Waals surface area (Å²) in [4.78, 5) is 19.4. The number of hydrogen-bond acceptors (Lipinski definition) is 6. The second-order valence-corrected chi connectivity index (χ2v) is 7.88. The number of carbonyl (C=O) groups is 1. The molecule has 5 rings (SSSR count). The van der Waals surface area contributed by atoms with Crippen LogP contribution in [0.5, 0.6) is 0 Å². The average molecular weight is 414 g/mol. The van der Waals surface area contributed by atoms with Crippen LogP contribution in [0.1, 0.15) is 32.9 Å². The van der Waals surface area contributed by atoms with Crippen LogP contribution in [-0.2, 0) is 13.1 Å². The lowest BCUT2D eigenvalue weighted by molar-refractivity contribution is 0.0696. The van der Waals surface area contributed by atoms with Crippen molar-refractivity contribution in [3.8, 4) is 0 Å². The van der Waals surface area contributed by atoms with Crippen molar-refractivity contribution in [2.24, 2.45) is 0 Å².